The van der Waals surface area contributed by atoms with Gasteiger partial charge in [0.1, 0.15) is 29.7 Å². The van der Waals surface area contributed by atoms with Crippen molar-refractivity contribution < 1.29 is 34.4 Å². The Labute approximate surface area is 292 Å². The van der Waals surface area contributed by atoms with Crippen LogP contribution in [0.15, 0.2) is 66.7 Å². The van der Waals surface area contributed by atoms with Gasteiger partial charge < -0.3 is 39.7 Å². The fraction of sp³-hybridized carbons (Fsp3) is 0.561. The number of aromatic hydroxyl groups is 1. The summed E-state index contributed by atoms with van der Waals surface area (Å²) in [5, 5.41) is 45.3. The third kappa shape index (κ3) is 8.33. The lowest BCUT2D eigenvalue weighted by Gasteiger charge is -2.53. The number of ether oxygens (including phenoxy) is 2. The molecule has 1 aliphatic carbocycles. The molecule has 2 bridgehead atoms. The van der Waals surface area contributed by atoms with Crippen molar-refractivity contribution in [1.29, 1.82) is 0 Å². The van der Waals surface area contributed by atoms with Gasteiger partial charge in [-0.2, -0.15) is 0 Å². The largest absolute Gasteiger partial charge is 0.508 e. The summed E-state index contributed by atoms with van der Waals surface area (Å²) in [4.78, 5) is 0. The van der Waals surface area contributed by atoms with E-state index in [1.807, 2.05) is 24.3 Å². The van der Waals surface area contributed by atoms with Gasteiger partial charge in [0.25, 0.3) is 0 Å². The van der Waals surface area contributed by atoms with Crippen molar-refractivity contribution in [2.75, 3.05) is 45.9 Å². The standard InChI is InChI=1S/C41H56N2O6/c1-29-23-32(30(2)42-25-38(46)33-13-15-37(45)34(24-33)27-44)14-16-39(29)48-22-8-19-43-20-17-31(18-21-43)40(26-43)49-28-41(47,36-11-6-7-12-36)35-9-4-3-5-10-35/h3-5,9-10,13-16,23-24,30-31,36,38,40,42,44,46-47H,6-8,11-12,17-22,25-28H2,1-2H3/p+1/t30-,31?,38-,40-,41?,43?/m0/s1. The van der Waals surface area contributed by atoms with Gasteiger partial charge in [-0.25, -0.2) is 0 Å². The van der Waals surface area contributed by atoms with E-state index < -0.39 is 11.7 Å². The monoisotopic (exact) mass is 673 g/mol. The maximum Gasteiger partial charge on any atom is 0.122 e. The predicted molar refractivity (Wildman–Crippen MR) is 191 cm³/mol. The zero-order chi connectivity index (χ0) is 34.4. The fourth-order valence-corrected chi connectivity index (χ4v) is 8.67. The van der Waals surface area contributed by atoms with Gasteiger partial charge in [-0.05, 0) is 73.1 Å². The second kappa shape index (κ2) is 15.9. The third-order valence-electron chi connectivity index (χ3n) is 11.9. The molecule has 0 radical (unpaired) electrons. The molecular weight excluding hydrogens is 616 g/mol. The third-order valence-corrected chi connectivity index (χ3v) is 11.9. The molecule has 8 nitrogen and oxygen atoms in total. The molecule has 7 rings (SSSR count). The Morgan fingerprint density at radius 3 is 2.41 bits per heavy atom. The number of aryl methyl sites for hydroxylation is 1. The highest BCUT2D eigenvalue weighted by molar-refractivity contribution is 5.38. The zero-order valence-corrected chi connectivity index (χ0v) is 29.4. The van der Waals surface area contributed by atoms with Gasteiger partial charge in [0.15, 0.2) is 0 Å². The van der Waals surface area contributed by atoms with Crippen molar-refractivity contribution >= 4 is 0 Å². The van der Waals surface area contributed by atoms with Crippen LogP contribution in [0, 0.1) is 18.8 Å². The SMILES string of the molecule is Cc1cc([C@H](C)NC[C@H](O)c2ccc(O)c(CO)c2)ccc1OCCC[N+]12CCC(CC1)[C@@H](OCC(O)(c1ccccc1)C1CCCC1)C2. The number of fused-ring (bicyclic) bond motifs is 3. The molecule has 3 aliphatic heterocycles. The number of benzene rings is 3. The van der Waals surface area contributed by atoms with E-state index in [4.69, 9.17) is 9.47 Å². The maximum absolute atomic E-state index is 12.0. The van der Waals surface area contributed by atoms with Crippen molar-refractivity contribution in [1.82, 2.24) is 5.32 Å². The summed E-state index contributed by atoms with van der Waals surface area (Å²) < 4.78 is 14.1. The minimum absolute atomic E-state index is 0.0201. The van der Waals surface area contributed by atoms with Gasteiger partial charge in [0, 0.05) is 43.3 Å². The Kier molecular flexibility index (Phi) is 11.6. The number of nitrogens with zero attached hydrogens (tertiary/aromatic N) is 1. The van der Waals surface area contributed by atoms with Crippen LogP contribution in [0.4, 0.5) is 0 Å². The Morgan fingerprint density at radius 2 is 1.69 bits per heavy atom. The number of rotatable bonds is 16. The van der Waals surface area contributed by atoms with Gasteiger partial charge in [-0.1, -0.05) is 61.4 Å². The molecule has 5 N–H and O–H groups in total. The molecule has 3 aromatic rings. The molecule has 1 saturated carbocycles. The molecule has 8 heteroatoms. The van der Waals surface area contributed by atoms with E-state index in [9.17, 15) is 20.4 Å². The van der Waals surface area contributed by atoms with Gasteiger partial charge in [-0.15, -0.1) is 0 Å². The molecule has 0 spiro atoms. The molecule has 3 saturated heterocycles. The van der Waals surface area contributed by atoms with Crippen LogP contribution < -0.4 is 10.1 Å². The maximum atomic E-state index is 12.0. The predicted octanol–water partition coefficient (Wildman–Crippen LogP) is 6.05. The normalized spacial score (nSPS) is 24.8. The van der Waals surface area contributed by atoms with Crippen LogP contribution in [-0.2, 0) is 16.9 Å². The number of nitrogens with one attached hydrogen (secondary N) is 1. The smallest absolute Gasteiger partial charge is 0.122 e. The molecule has 4 atom stereocenters. The highest BCUT2D eigenvalue weighted by atomic mass is 16.5. The van der Waals surface area contributed by atoms with Gasteiger partial charge in [-0.3, -0.25) is 0 Å². The van der Waals surface area contributed by atoms with E-state index in [2.05, 4.69) is 43.4 Å². The van der Waals surface area contributed by atoms with Crippen LogP contribution in [0.5, 0.6) is 11.5 Å². The lowest BCUT2D eigenvalue weighted by atomic mass is 9.80. The summed E-state index contributed by atoms with van der Waals surface area (Å²) >= 11 is 0. The van der Waals surface area contributed by atoms with Crippen LogP contribution in [0.25, 0.3) is 0 Å². The first kappa shape index (κ1) is 35.8. The number of aliphatic hydroxyl groups excluding tert-OH is 2. The van der Waals surface area contributed by atoms with E-state index in [0.29, 0.717) is 36.8 Å². The van der Waals surface area contributed by atoms with Crippen molar-refractivity contribution in [2.24, 2.45) is 11.8 Å². The minimum Gasteiger partial charge on any atom is -0.508 e. The van der Waals surface area contributed by atoms with Crippen molar-refractivity contribution in [3.63, 3.8) is 0 Å². The Balaban J connectivity index is 0.972. The lowest BCUT2D eigenvalue weighted by Crippen LogP contribution is -2.65. The van der Waals surface area contributed by atoms with Crippen LogP contribution in [-0.4, -0.2) is 77.0 Å². The highest BCUT2D eigenvalue weighted by Crippen LogP contribution is 2.43. The Bertz CT molecular complexity index is 1500. The van der Waals surface area contributed by atoms with Gasteiger partial charge in [0.05, 0.1) is 45.6 Å². The quantitative estimate of drug-likeness (QED) is 0.0931. The second-order valence-corrected chi connectivity index (χ2v) is 15.1. The average molecular weight is 674 g/mol. The molecular formula is C41H57N2O6+. The summed E-state index contributed by atoms with van der Waals surface area (Å²) in [5.41, 5.74) is 3.35. The van der Waals surface area contributed by atoms with E-state index in [1.165, 1.54) is 44.8 Å². The van der Waals surface area contributed by atoms with E-state index in [1.54, 1.807) is 12.1 Å². The first-order chi connectivity index (χ1) is 23.7. The molecule has 4 aliphatic rings. The summed E-state index contributed by atoms with van der Waals surface area (Å²) in [6.07, 6.45) is 7.34. The van der Waals surface area contributed by atoms with Crippen molar-refractivity contribution in [2.45, 2.75) is 89.3 Å². The molecule has 3 aromatic carbocycles. The van der Waals surface area contributed by atoms with Crippen LogP contribution in [0.2, 0.25) is 0 Å². The first-order valence-corrected chi connectivity index (χ1v) is 18.5. The van der Waals surface area contributed by atoms with E-state index in [0.717, 1.165) is 59.3 Å². The number of aliphatic hydroxyl groups is 3. The van der Waals surface area contributed by atoms with Gasteiger partial charge in [0.2, 0.25) is 0 Å². The fourth-order valence-electron chi connectivity index (χ4n) is 8.67. The van der Waals surface area contributed by atoms with Gasteiger partial charge >= 0.3 is 0 Å². The van der Waals surface area contributed by atoms with Crippen LogP contribution in [0.3, 0.4) is 0 Å². The summed E-state index contributed by atoms with van der Waals surface area (Å²) in [6, 6.07) is 21.3. The number of piperidine rings is 3. The van der Waals surface area contributed by atoms with Crippen molar-refractivity contribution in [3.05, 3.63) is 94.5 Å². The van der Waals surface area contributed by atoms with Crippen molar-refractivity contribution in [3.8, 4) is 11.5 Å². The molecule has 266 valence electrons. The summed E-state index contributed by atoms with van der Waals surface area (Å²) in [5.74, 6) is 1.79. The Morgan fingerprint density at radius 1 is 0.959 bits per heavy atom. The molecule has 3 heterocycles. The van der Waals surface area contributed by atoms with Crippen LogP contribution >= 0.6 is 0 Å². The lowest BCUT2D eigenvalue weighted by molar-refractivity contribution is -0.946. The zero-order valence-electron chi connectivity index (χ0n) is 29.4. The van der Waals surface area contributed by atoms with E-state index in [-0.39, 0.29) is 30.4 Å². The van der Waals surface area contributed by atoms with E-state index >= 15 is 0 Å². The summed E-state index contributed by atoms with van der Waals surface area (Å²) in [7, 11) is 0. The number of phenols is 1. The first-order valence-electron chi connectivity index (χ1n) is 18.5. The van der Waals surface area contributed by atoms with Crippen LogP contribution in [0.1, 0.15) is 91.8 Å². The molecule has 49 heavy (non-hydrogen) atoms. The topological polar surface area (TPSA) is 111 Å². The number of hydrogen-bond acceptors (Lipinski definition) is 7. The average Bonchev–Trinajstić information content (AvgIpc) is 3.69. The summed E-state index contributed by atoms with van der Waals surface area (Å²) in [6.45, 7) is 9.81. The second-order valence-electron chi connectivity index (χ2n) is 15.1. The minimum atomic E-state index is -0.913. The molecule has 1 unspecified atom stereocenters. The number of hydrogen-bond donors (Lipinski definition) is 5. The highest BCUT2D eigenvalue weighted by Gasteiger charge is 2.48. The molecule has 4 fully saturated rings. The number of quaternary nitrogens is 1. The molecule has 0 aromatic heterocycles. The Hall–Kier alpha value is -2.98. The molecule has 0 amide bonds.